The topological polar surface area (TPSA) is 82.5 Å². The lowest BCUT2D eigenvalue weighted by Crippen LogP contribution is -2.46. The van der Waals surface area contributed by atoms with Gasteiger partial charge in [0.1, 0.15) is 27.0 Å². The first-order chi connectivity index (χ1) is 15.8. The van der Waals surface area contributed by atoms with Gasteiger partial charge in [-0.2, -0.15) is 4.37 Å². The van der Waals surface area contributed by atoms with Crippen LogP contribution in [0.2, 0.25) is 9.36 Å². The zero-order chi connectivity index (χ0) is 23.5. The van der Waals surface area contributed by atoms with Crippen molar-refractivity contribution in [3.63, 3.8) is 0 Å². The fraction of sp³-hybridized carbons (Fsp3) is 0.261. The molecule has 0 spiro atoms. The smallest absolute Gasteiger partial charge is 0.280 e. The molecule has 3 aromatic rings. The average molecular weight is 508 g/mol. The van der Waals surface area contributed by atoms with Crippen LogP contribution in [0.4, 0.5) is 10.1 Å². The molecular formula is C23H20Cl2FN3O3S. The minimum Gasteiger partial charge on any atom is -0.508 e. The third kappa shape index (κ3) is 5.13. The van der Waals surface area contributed by atoms with Gasteiger partial charge < -0.3 is 10.4 Å². The zero-order valence-electron chi connectivity index (χ0n) is 17.3. The molecule has 2 N–H and O–H groups in total. The van der Waals surface area contributed by atoms with Crippen molar-refractivity contribution in [3.05, 3.63) is 75.0 Å². The first-order valence-electron chi connectivity index (χ1n) is 10.3. The van der Waals surface area contributed by atoms with Gasteiger partial charge in [-0.3, -0.25) is 14.5 Å². The Morgan fingerprint density at radius 2 is 1.73 bits per heavy atom. The second-order valence-corrected chi connectivity index (χ2v) is 9.51. The molecule has 6 nitrogen and oxygen atoms in total. The van der Waals surface area contributed by atoms with Crippen molar-refractivity contribution in [1.29, 1.82) is 0 Å². The number of rotatable bonds is 6. The van der Waals surface area contributed by atoms with Crippen LogP contribution < -0.4 is 10.2 Å². The van der Waals surface area contributed by atoms with Gasteiger partial charge in [0, 0.05) is 11.7 Å². The highest BCUT2D eigenvalue weighted by molar-refractivity contribution is 7.11. The number of hydrogen-bond acceptors (Lipinski definition) is 5. The second kappa shape index (κ2) is 10.1. The summed E-state index contributed by atoms with van der Waals surface area (Å²) in [6, 6.07) is 10.1. The van der Waals surface area contributed by atoms with Crippen molar-refractivity contribution in [2.75, 3.05) is 4.90 Å². The number of phenols is 1. The van der Waals surface area contributed by atoms with Crippen molar-refractivity contribution in [1.82, 2.24) is 9.69 Å². The number of hydrogen-bond donors (Lipinski definition) is 2. The highest BCUT2D eigenvalue weighted by atomic mass is 35.5. The number of aromatic nitrogens is 1. The van der Waals surface area contributed by atoms with Crippen LogP contribution in [-0.2, 0) is 4.79 Å². The quantitative estimate of drug-likeness (QED) is 0.445. The molecule has 0 saturated heterocycles. The lowest BCUT2D eigenvalue weighted by Gasteiger charge is -2.32. The molecule has 0 aliphatic heterocycles. The van der Waals surface area contributed by atoms with E-state index in [1.165, 1.54) is 41.3 Å². The molecule has 10 heteroatoms. The number of phenolic OH excluding ortho intramolecular Hbond substituents is 1. The number of carbonyl (C=O) groups is 2. The van der Waals surface area contributed by atoms with Crippen LogP contribution in [-0.4, -0.2) is 27.3 Å². The van der Waals surface area contributed by atoms with E-state index in [2.05, 4.69) is 9.69 Å². The van der Waals surface area contributed by atoms with Gasteiger partial charge in [-0.25, -0.2) is 4.39 Å². The van der Waals surface area contributed by atoms with Crippen LogP contribution in [0.1, 0.15) is 47.8 Å². The van der Waals surface area contributed by atoms with Crippen molar-refractivity contribution in [2.45, 2.75) is 37.8 Å². The van der Waals surface area contributed by atoms with E-state index in [9.17, 15) is 19.1 Å². The maximum absolute atomic E-state index is 13.7. The van der Waals surface area contributed by atoms with E-state index in [0.29, 0.717) is 5.56 Å². The van der Waals surface area contributed by atoms with Crippen LogP contribution >= 0.6 is 34.7 Å². The van der Waals surface area contributed by atoms with E-state index in [0.717, 1.165) is 37.2 Å². The average Bonchev–Trinajstić information content (AvgIpc) is 3.43. The molecule has 2 aromatic carbocycles. The van der Waals surface area contributed by atoms with Gasteiger partial charge in [0.05, 0.1) is 0 Å². The highest BCUT2D eigenvalue weighted by Gasteiger charge is 2.36. The van der Waals surface area contributed by atoms with Crippen molar-refractivity contribution >= 4 is 52.2 Å². The van der Waals surface area contributed by atoms with Gasteiger partial charge in [-0.05, 0) is 66.3 Å². The summed E-state index contributed by atoms with van der Waals surface area (Å²) < 4.78 is 17.9. The summed E-state index contributed by atoms with van der Waals surface area (Å²) >= 11 is 13.1. The monoisotopic (exact) mass is 507 g/mol. The van der Waals surface area contributed by atoms with E-state index in [-0.39, 0.29) is 32.5 Å². The molecule has 1 saturated carbocycles. The Labute approximate surface area is 204 Å². The van der Waals surface area contributed by atoms with Crippen LogP contribution in [0.5, 0.6) is 5.75 Å². The van der Waals surface area contributed by atoms with Gasteiger partial charge in [-0.1, -0.05) is 48.2 Å². The Hall–Kier alpha value is -2.68. The zero-order valence-corrected chi connectivity index (χ0v) is 19.6. The summed E-state index contributed by atoms with van der Waals surface area (Å²) in [6.45, 7) is 0. The predicted molar refractivity (Wildman–Crippen MR) is 127 cm³/mol. The molecule has 0 bridgehead atoms. The van der Waals surface area contributed by atoms with Gasteiger partial charge in [0.15, 0.2) is 5.69 Å². The number of aromatic hydroxyl groups is 1. The predicted octanol–water partition coefficient (Wildman–Crippen LogP) is 5.74. The van der Waals surface area contributed by atoms with Crippen LogP contribution in [0.25, 0.3) is 0 Å². The summed E-state index contributed by atoms with van der Waals surface area (Å²) in [5.41, 5.74) is 0.632. The Morgan fingerprint density at radius 3 is 2.30 bits per heavy atom. The first kappa shape index (κ1) is 23.5. The third-order valence-corrected chi connectivity index (χ3v) is 7.15. The van der Waals surface area contributed by atoms with Gasteiger partial charge in [-0.15, -0.1) is 0 Å². The normalized spacial score (nSPS) is 14.8. The van der Waals surface area contributed by atoms with Crippen LogP contribution in [0.15, 0.2) is 48.5 Å². The maximum atomic E-state index is 13.7. The SMILES string of the molecule is O=C(NC1CCCC1)C(c1ccc(O)cc1)N(C(=O)c1nsc(Cl)c1Cl)c1ccc(F)cc1. The van der Waals surface area contributed by atoms with Gasteiger partial charge in [0.2, 0.25) is 5.91 Å². The molecule has 33 heavy (non-hydrogen) atoms. The molecule has 1 aliphatic rings. The maximum Gasteiger partial charge on any atom is 0.280 e. The number of halogens is 3. The standard InChI is InChI=1S/C23H20Cl2FN3O3S/c24-18-19(28-33-21(18)25)23(32)29(16-9-7-14(26)8-10-16)20(13-5-11-17(30)12-6-13)22(31)27-15-3-1-2-4-15/h5-12,15,20,30H,1-4H2,(H,27,31). The molecule has 1 atom stereocenters. The van der Waals surface area contributed by atoms with Crippen LogP contribution in [0, 0.1) is 5.82 Å². The number of benzene rings is 2. The summed E-state index contributed by atoms with van der Waals surface area (Å²) in [5, 5.41) is 12.8. The van der Waals surface area contributed by atoms with E-state index in [1.807, 2.05) is 0 Å². The highest BCUT2D eigenvalue weighted by Crippen LogP contribution is 2.35. The molecule has 4 rings (SSSR count). The minimum absolute atomic E-state index is 0.000380. The molecular weight excluding hydrogens is 488 g/mol. The molecule has 1 heterocycles. The molecule has 0 radical (unpaired) electrons. The Balaban J connectivity index is 1.83. The largest absolute Gasteiger partial charge is 0.508 e. The van der Waals surface area contributed by atoms with Crippen molar-refractivity contribution in [3.8, 4) is 5.75 Å². The van der Waals surface area contributed by atoms with E-state index in [4.69, 9.17) is 23.2 Å². The summed E-state index contributed by atoms with van der Waals surface area (Å²) in [4.78, 5) is 28.5. The van der Waals surface area contributed by atoms with Crippen molar-refractivity contribution in [2.24, 2.45) is 0 Å². The van der Waals surface area contributed by atoms with Crippen LogP contribution in [0.3, 0.4) is 0 Å². The molecule has 172 valence electrons. The number of nitrogens with one attached hydrogen (secondary N) is 1. The molecule has 1 aromatic heterocycles. The minimum atomic E-state index is -1.12. The van der Waals surface area contributed by atoms with E-state index in [1.54, 1.807) is 12.1 Å². The van der Waals surface area contributed by atoms with E-state index >= 15 is 0 Å². The number of anilines is 1. The molecule has 1 aliphatic carbocycles. The first-order valence-corrected chi connectivity index (χ1v) is 11.9. The lowest BCUT2D eigenvalue weighted by atomic mass is 10.0. The summed E-state index contributed by atoms with van der Waals surface area (Å²) in [7, 11) is 0. The fourth-order valence-electron chi connectivity index (χ4n) is 3.92. The number of amides is 2. The summed E-state index contributed by atoms with van der Waals surface area (Å²) in [6.07, 6.45) is 3.74. The van der Waals surface area contributed by atoms with Gasteiger partial charge in [0.25, 0.3) is 5.91 Å². The molecule has 2 amide bonds. The second-order valence-electron chi connectivity index (χ2n) is 7.75. The molecule has 1 fully saturated rings. The van der Waals surface area contributed by atoms with Crippen molar-refractivity contribution < 1.29 is 19.1 Å². The summed E-state index contributed by atoms with van der Waals surface area (Å²) in [5.74, 6) is -1.53. The number of carbonyl (C=O) groups excluding carboxylic acids is 2. The Bertz CT molecular complexity index is 1150. The molecule has 1 unspecified atom stereocenters. The third-order valence-electron chi connectivity index (χ3n) is 5.54. The van der Waals surface area contributed by atoms with Gasteiger partial charge >= 0.3 is 0 Å². The van der Waals surface area contributed by atoms with E-state index < -0.39 is 23.7 Å². The Morgan fingerprint density at radius 1 is 1.09 bits per heavy atom. The fourth-order valence-corrected chi connectivity index (χ4v) is 4.90. The number of nitrogens with zero attached hydrogens (tertiary/aromatic N) is 2. The Kier molecular flexibility index (Phi) is 7.17. The lowest BCUT2D eigenvalue weighted by molar-refractivity contribution is -0.123.